The quantitative estimate of drug-likeness (QED) is 0.885. The standard InChI is InChI=1S/C12H14F2O3/c1-7(2)8-4-5-10(17-3)9(6-8)12(13,14)11(15)16/h4-7H,1-3H3,(H,15,16). The molecule has 3 nitrogen and oxygen atoms in total. The molecule has 0 heterocycles. The van der Waals surface area contributed by atoms with Crippen LogP contribution in [0, 0.1) is 0 Å². The van der Waals surface area contributed by atoms with Crippen molar-refractivity contribution in [2.24, 2.45) is 0 Å². The third-order valence-electron chi connectivity index (χ3n) is 2.50. The molecule has 17 heavy (non-hydrogen) atoms. The molecule has 0 aromatic heterocycles. The van der Waals surface area contributed by atoms with Crippen molar-refractivity contribution in [3.63, 3.8) is 0 Å². The molecule has 5 heteroatoms. The minimum Gasteiger partial charge on any atom is -0.496 e. The number of halogens is 2. The third kappa shape index (κ3) is 2.54. The molecule has 0 aliphatic heterocycles. The summed E-state index contributed by atoms with van der Waals surface area (Å²) in [5, 5.41) is 8.54. The molecular weight excluding hydrogens is 230 g/mol. The number of carbonyl (C=O) groups is 1. The van der Waals surface area contributed by atoms with Gasteiger partial charge in [0.1, 0.15) is 5.75 Å². The minimum atomic E-state index is -3.95. The summed E-state index contributed by atoms with van der Waals surface area (Å²) in [6.07, 6.45) is 0. The molecule has 0 saturated heterocycles. The lowest BCUT2D eigenvalue weighted by Crippen LogP contribution is -2.26. The van der Waals surface area contributed by atoms with Gasteiger partial charge in [0.25, 0.3) is 0 Å². The fourth-order valence-electron chi connectivity index (χ4n) is 1.45. The van der Waals surface area contributed by atoms with Gasteiger partial charge in [-0.1, -0.05) is 19.9 Å². The van der Waals surface area contributed by atoms with Crippen LogP contribution in [0.5, 0.6) is 5.75 Å². The fourth-order valence-corrected chi connectivity index (χ4v) is 1.45. The smallest absolute Gasteiger partial charge is 0.379 e. The second kappa shape index (κ2) is 4.69. The maximum Gasteiger partial charge on any atom is 0.379 e. The molecule has 1 aromatic carbocycles. The first-order valence-electron chi connectivity index (χ1n) is 5.10. The normalized spacial score (nSPS) is 11.6. The van der Waals surface area contributed by atoms with Crippen LogP contribution in [0.1, 0.15) is 30.9 Å². The van der Waals surface area contributed by atoms with Crippen LogP contribution in [-0.4, -0.2) is 18.2 Å². The zero-order valence-electron chi connectivity index (χ0n) is 9.83. The van der Waals surface area contributed by atoms with E-state index in [1.807, 2.05) is 13.8 Å². The predicted octanol–water partition coefficient (Wildman–Crippen LogP) is 3.00. The molecule has 0 unspecified atom stereocenters. The van der Waals surface area contributed by atoms with E-state index in [1.54, 1.807) is 6.07 Å². The highest BCUT2D eigenvalue weighted by Gasteiger charge is 2.43. The van der Waals surface area contributed by atoms with Crippen molar-refractivity contribution >= 4 is 5.97 Å². The number of aliphatic carboxylic acids is 1. The van der Waals surface area contributed by atoms with Crippen molar-refractivity contribution in [3.8, 4) is 5.75 Å². The Morgan fingerprint density at radius 2 is 2.00 bits per heavy atom. The lowest BCUT2D eigenvalue weighted by molar-refractivity contribution is -0.166. The number of methoxy groups -OCH3 is 1. The van der Waals surface area contributed by atoms with E-state index in [4.69, 9.17) is 9.84 Å². The van der Waals surface area contributed by atoms with E-state index in [2.05, 4.69) is 0 Å². The molecule has 1 aromatic rings. The first-order chi connectivity index (χ1) is 7.80. The predicted molar refractivity (Wildman–Crippen MR) is 58.6 cm³/mol. The zero-order valence-corrected chi connectivity index (χ0v) is 9.83. The molecule has 0 amide bonds. The first kappa shape index (κ1) is 13.4. The topological polar surface area (TPSA) is 46.5 Å². The molecule has 0 spiro atoms. The van der Waals surface area contributed by atoms with E-state index in [0.717, 1.165) is 0 Å². The van der Waals surface area contributed by atoms with Gasteiger partial charge in [0.05, 0.1) is 12.7 Å². The van der Waals surface area contributed by atoms with E-state index in [0.29, 0.717) is 5.56 Å². The largest absolute Gasteiger partial charge is 0.496 e. The number of benzene rings is 1. The van der Waals surface area contributed by atoms with Gasteiger partial charge in [-0.15, -0.1) is 0 Å². The fraction of sp³-hybridized carbons (Fsp3) is 0.417. The Hall–Kier alpha value is -1.65. The minimum absolute atomic E-state index is 0.0317. The lowest BCUT2D eigenvalue weighted by atomic mass is 9.97. The number of rotatable bonds is 4. The van der Waals surface area contributed by atoms with Crippen LogP contribution >= 0.6 is 0 Å². The summed E-state index contributed by atoms with van der Waals surface area (Å²) in [5.74, 6) is -6.22. The molecule has 0 atom stereocenters. The van der Waals surface area contributed by atoms with Gasteiger partial charge >= 0.3 is 11.9 Å². The van der Waals surface area contributed by atoms with Gasteiger partial charge in [-0.25, -0.2) is 4.79 Å². The Labute approximate surface area is 98.0 Å². The Balaban J connectivity index is 3.38. The van der Waals surface area contributed by atoms with Crippen LogP contribution in [-0.2, 0) is 10.7 Å². The van der Waals surface area contributed by atoms with Crippen molar-refractivity contribution in [3.05, 3.63) is 29.3 Å². The summed E-state index contributed by atoms with van der Waals surface area (Å²) in [4.78, 5) is 10.6. The van der Waals surface area contributed by atoms with Crippen LogP contribution in [0.15, 0.2) is 18.2 Å². The van der Waals surface area contributed by atoms with Crippen LogP contribution in [0.3, 0.4) is 0 Å². The van der Waals surface area contributed by atoms with Gasteiger partial charge in [-0.2, -0.15) is 8.78 Å². The second-order valence-electron chi connectivity index (χ2n) is 3.99. The Morgan fingerprint density at radius 3 is 2.41 bits per heavy atom. The first-order valence-corrected chi connectivity index (χ1v) is 5.10. The molecule has 0 radical (unpaired) electrons. The van der Waals surface area contributed by atoms with Gasteiger partial charge in [0.2, 0.25) is 0 Å². The summed E-state index contributed by atoms with van der Waals surface area (Å²) >= 11 is 0. The molecule has 1 rings (SSSR count). The third-order valence-corrected chi connectivity index (χ3v) is 2.50. The van der Waals surface area contributed by atoms with Gasteiger partial charge in [0, 0.05) is 0 Å². The molecule has 94 valence electrons. The van der Waals surface area contributed by atoms with Crippen molar-refractivity contribution in [1.82, 2.24) is 0 Å². The highest BCUT2D eigenvalue weighted by atomic mass is 19.3. The summed E-state index contributed by atoms with van der Waals surface area (Å²) < 4.78 is 31.8. The maximum atomic E-state index is 13.5. The second-order valence-corrected chi connectivity index (χ2v) is 3.99. The van der Waals surface area contributed by atoms with Gasteiger partial charge < -0.3 is 9.84 Å². The number of hydrogen-bond acceptors (Lipinski definition) is 2. The average molecular weight is 244 g/mol. The summed E-state index contributed by atoms with van der Waals surface area (Å²) in [7, 11) is 1.23. The number of alkyl halides is 2. The van der Waals surface area contributed by atoms with Crippen LogP contribution in [0.2, 0.25) is 0 Å². The van der Waals surface area contributed by atoms with E-state index in [1.165, 1.54) is 19.2 Å². The highest BCUT2D eigenvalue weighted by molar-refractivity contribution is 5.78. The molecule has 0 saturated carbocycles. The maximum absolute atomic E-state index is 13.5. The van der Waals surface area contributed by atoms with E-state index >= 15 is 0 Å². The number of carboxylic acids is 1. The van der Waals surface area contributed by atoms with Crippen molar-refractivity contribution in [2.75, 3.05) is 7.11 Å². The zero-order chi connectivity index (χ0) is 13.2. The van der Waals surface area contributed by atoms with Crippen LogP contribution < -0.4 is 4.74 Å². The molecule has 0 aliphatic rings. The number of hydrogen-bond donors (Lipinski definition) is 1. The van der Waals surface area contributed by atoms with Crippen molar-refractivity contribution < 1.29 is 23.4 Å². The lowest BCUT2D eigenvalue weighted by Gasteiger charge is -2.17. The van der Waals surface area contributed by atoms with Crippen molar-refractivity contribution in [2.45, 2.75) is 25.7 Å². The van der Waals surface area contributed by atoms with E-state index in [-0.39, 0.29) is 11.7 Å². The Bertz CT molecular complexity index is 428. The van der Waals surface area contributed by atoms with E-state index < -0.39 is 17.5 Å². The molecule has 0 bridgehead atoms. The SMILES string of the molecule is COc1ccc(C(C)C)cc1C(F)(F)C(=O)O. The molecule has 0 aliphatic carbocycles. The van der Waals surface area contributed by atoms with Gasteiger partial charge in [-0.05, 0) is 23.6 Å². The van der Waals surface area contributed by atoms with Crippen LogP contribution in [0.4, 0.5) is 8.78 Å². The average Bonchev–Trinajstić information content (AvgIpc) is 2.27. The van der Waals surface area contributed by atoms with E-state index in [9.17, 15) is 13.6 Å². The number of ether oxygens (including phenoxy) is 1. The van der Waals surface area contributed by atoms with Crippen molar-refractivity contribution in [1.29, 1.82) is 0 Å². The summed E-state index contributed by atoms with van der Waals surface area (Å²) in [6, 6.07) is 4.18. The number of carboxylic acid groups (broad SMARTS) is 1. The van der Waals surface area contributed by atoms with Crippen LogP contribution in [0.25, 0.3) is 0 Å². The monoisotopic (exact) mass is 244 g/mol. The van der Waals surface area contributed by atoms with Gasteiger partial charge in [0.15, 0.2) is 0 Å². The summed E-state index contributed by atoms with van der Waals surface area (Å²) in [6.45, 7) is 3.68. The molecule has 1 N–H and O–H groups in total. The highest BCUT2D eigenvalue weighted by Crippen LogP contribution is 2.37. The Kier molecular flexibility index (Phi) is 3.70. The van der Waals surface area contributed by atoms with Gasteiger partial charge in [-0.3, -0.25) is 0 Å². The summed E-state index contributed by atoms with van der Waals surface area (Å²) in [5.41, 5.74) is 0.0282. The molecule has 0 fully saturated rings. The molecular formula is C12H14F2O3. The Morgan fingerprint density at radius 1 is 1.41 bits per heavy atom.